The molecule has 1 fully saturated rings. The van der Waals surface area contributed by atoms with E-state index in [2.05, 4.69) is 39.5 Å². The molecule has 0 radical (unpaired) electrons. The number of hydrogen-bond donors (Lipinski definition) is 1. The summed E-state index contributed by atoms with van der Waals surface area (Å²) in [5, 5.41) is 3.45. The molecule has 1 atom stereocenters. The minimum absolute atomic E-state index is 0. The summed E-state index contributed by atoms with van der Waals surface area (Å²) in [5.74, 6) is 1.96. The Balaban J connectivity index is 0.00000261. The largest absolute Gasteiger partial charge is 0.444 e. The molecule has 150 valence electrons. The zero-order valence-corrected chi connectivity index (χ0v) is 19.3. The predicted octanol–water partition coefficient (Wildman–Crippen LogP) is 3.28. The molecule has 0 aliphatic carbocycles. The Morgan fingerprint density at radius 1 is 1.30 bits per heavy atom. The van der Waals surface area contributed by atoms with Crippen molar-refractivity contribution >= 4 is 47.8 Å². The SMILES string of the molecule is CC(C)(C)OC(=O)N1CCN2C(NCCSc3ccccc3)=NCC2C1.I. The van der Waals surface area contributed by atoms with Crippen LogP contribution in [0, 0.1) is 0 Å². The molecule has 6 nitrogen and oxygen atoms in total. The van der Waals surface area contributed by atoms with E-state index in [1.54, 1.807) is 4.90 Å². The molecule has 1 aromatic rings. The van der Waals surface area contributed by atoms with Gasteiger partial charge in [0, 0.05) is 36.8 Å². The molecule has 27 heavy (non-hydrogen) atoms. The molecule has 8 heteroatoms. The molecule has 0 saturated carbocycles. The standard InChI is InChI=1S/C19H28N4O2S.HI/c1-19(2,3)25-18(24)22-10-11-23-15(14-22)13-21-17(23)20-9-12-26-16-7-5-4-6-8-16;/h4-8,15H,9-14H2,1-3H3,(H,20,21);1H. The quantitative estimate of drug-likeness (QED) is 0.388. The van der Waals surface area contributed by atoms with Crippen LogP contribution in [0.2, 0.25) is 0 Å². The third kappa shape index (κ3) is 6.44. The Morgan fingerprint density at radius 2 is 2.04 bits per heavy atom. The number of nitrogens with one attached hydrogen (secondary N) is 1. The van der Waals surface area contributed by atoms with Crippen LogP contribution in [0.5, 0.6) is 0 Å². The van der Waals surface area contributed by atoms with Crippen molar-refractivity contribution in [2.75, 3.05) is 38.5 Å². The number of guanidine groups is 1. The van der Waals surface area contributed by atoms with E-state index in [1.807, 2.05) is 38.6 Å². The van der Waals surface area contributed by atoms with Gasteiger partial charge in [-0.25, -0.2) is 4.79 Å². The van der Waals surface area contributed by atoms with Gasteiger partial charge in [-0.05, 0) is 32.9 Å². The molecule has 0 spiro atoms. The molecule has 2 heterocycles. The van der Waals surface area contributed by atoms with Gasteiger partial charge in [-0.2, -0.15) is 0 Å². The van der Waals surface area contributed by atoms with E-state index in [1.165, 1.54) is 4.90 Å². The van der Waals surface area contributed by atoms with Gasteiger partial charge in [-0.3, -0.25) is 4.99 Å². The number of aliphatic imine (C=N–C) groups is 1. The lowest BCUT2D eigenvalue weighted by molar-refractivity contribution is 0.0137. The minimum Gasteiger partial charge on any atom is -0.444 e. The molecule has 2 aliphatic rings. The number of amides is 1. The molecule has 1 aromatic carbocycles. The maximum atomic E-state index is 12.3. The molecule has 2 aliphatic heterocycles. The van der Waals surface area contributed by atoms with Gasteiger partial charge >= 0.3 is 6.09 Å². The van der Waals surface area contributed by atoms with Crippen molar-refractivity contribution in [2.45, 2.75) is 37.3 Å². The van der Waals surface area contributed by atoms with Gasteiger partial charge in [0.15, 0.2) is 5.96 Å². The first-order valence-corrected chi connectivity index (χ1v) is 10.1. The fraction of sp³-hybridized carbons (Fsp3) is 0.579. The van der Waals surface area contributed by atoms with E-state index in [0.717, 1.165) is 31.3 Å². The molecule has 0 bridgehead atoms. The van der Waals surface area contributed by atoms with Crippen molar-refractivity contribution in [3.63, 3.8) is 0 Å². The van der Waals surface area contributed by atoms with Crippen LogP contribution in [0.15, 0.2) is 40.2 Å². The molecule has 3 rings (SSSR count). The Labute approximate surface area is 183 Å². The van der Waals surface area contributed by atoms with E-state index < -0.39 is 5.60 Å². The summed E-state index contributed by atoms with van der Waals surface area (Å²) in [6.45, 7) is 9.43. The smallest absolute Gasteiger partial charge is 0.410 e. The van der Waals surface area contributed by atoms with Crippen LogP contribution in [-0.2, 0) is 4.74 Å². The number of benzene rings is 1. The second-order valence-electron chi connectivity index (χ2n) is 7.53. The van der Waals surface area contributed by atoms with E-state index >= 15 is 0 Å². The molecule has 1 N–H and O–H groups in total. The first-order chi connectivity index (χ1) is 12.4. The third-order valence-corrected chi connectivity index (χ3v) is 5.27. The molecule has 1 saturated heterocycles. The summed E-state index contributed by atoms with van der Waals surface area (Å²) >= 11 is 1.84. The summed E-state index contributed by atoms with van der Waals surface area (Å²) < 4.78 is 5.49. The number of fused-ring (bicyclic) bond motifs is 1. The molecule has 0 aromatic heterocycles. The number of halogens is 1. The van der Waals surface area contributed by atoms with Gasteiger partial charge in [0.05, 0.1) is 12.6 Å². The lowest BCUT2D eigenvalue weighted by Gasteiger charge is -2.39. The second kappa shape index (κ2) is 9.86. The van der Waals surface area contributed by atoms with Gasteiger partial charge in [0.2, 0.25) is 0 Å². The number of rotatable bonds is 4. The van der Waals surface area contributed by atoms with E-state index in [-0.39, 0.29) is 36.1 Å². The highest BCUT2D eigenvalue weighted by Crippen LogP contribution is 2.19. The Hall–Kier alpha value is -1.16. The molecule has 1 amide bonds. The van der Waals surface area contributed by atoms with Gasteiger partial charge < -0.3 is 19.9 Å². The first-order valence-electron chi connectivity index (χ1n) is 9.13. The average molecular weight is 504 g/mol. The van der Waals surface area contributed by atoms with Crippen molar-refractivity contribution < 1.29 is 9.53 Å². The number of piperazine rings is 1. The number of thioether (sulfide) groups is 1. The summed E-state index contributed by atoms with van der Waals surface area (Å²) in [6.07, 6.45) is -0.224. The van der Waals surface area contributed by atoms with Crippen molar-refractivity contribution in [1.29, 1.82) is 0 Å². The summed E-state index contributed by atoms with van der Waals surface area (Å²) in [6, 6.07) is 10.7. The minimum atomic E-state index is -0.455. The zero-order valence-electron chi connectivity index (χ0n) is 16.2. The first kappa shape index (κ1) is 22.1. The van der Waals surface area contributed by atoms with Crippen molar-refractivity contribution in [3.05, 3.63) is 30.3 Å². The number of ether oxygens (including phenoxy) is 1. The Kier molecular flexibility index (Phi) is 8.08. The lowest BCUT2D eigenvalue weighted by atomic mass is 10.2. The topological polar surface area (TPSA) is 57.2 Å². The Morgan fingerprint density at radius 3 is 2.74 bits per heavy atom. The molecular weight excluding hydrogens is 475 g/mol. The van der Waals surface area contributed by atoms with Crippen LogP contribution < -0.4 is 5.32 Å². The van der Waals surface area contributed by atoms with Crippen molar-refractivity contribution in [2.24, 2.45) is 4.99 Å². The predicted molar refractivity (Wildman–Crippen MR) is 121 cm³/mol. The van der Waals surface area contributed by atoms with Gasteiger partial charge in [0.25, 0.3) is 0 Å². The second-order valence-corrected chi connectivity index (χ2v) is 8.69. The normalized spacial score (nSPS) is 19.1. The number of hydrogen-bond acceptors (Lipinski definition) is 6. The van der Waals surface area contributed by atoms with Gasteiger partial charge in [-0.15, -0.1) is 35.7 Å². The van der Waals surface area contributed by atoms with Crippen molar-refractivity contribution in [1.82, 2.24) is 15.1 Å². The number of carbonyl (C=O) groups excluding carboxylic acids is 1. The third-order valence-electron chi connectivity index (χ3n) is 4.26. The van der Waals surface area contributed by atoms with Crippen molar-refractivity contribution in [3.8, 4) is 0 Å². The fourth-order valence-electron chi connectivity index (χ4n) is 3.07. The summed E-state index contributed by atoms with van der Waals surface area (Å²) in [7, 11) is 0. The lowest BCUT2D eigenvalue weighted by Crippen LogP contribution is -2.57. The summed E-state index contributed by atoms with van der Waals surface area (Å²) in [5.41, 5.74) is -0.455. The van der Waals surface area contributed by atoms with Crippen LogP contribution in [0.3, 0.4) is 0 Å². The van der Waals surface area contributed by atoms with E-state index in [9.17, 15) is 4.79 Å². The average Bonchev–Trinajstić information content (AvgIpc) is 3.00. The highest BCUT2D eigenvalue weighted by Gasteiger charge is 2.36. The number of nitrogens with zero attached hydrogens (tertiary/aromatic N) is 3. The maximum Gasteiger partial charge on any atom is 0.410 e. The zero-order chi connectivity index (χ0) is 18.6. The summed E-state index contributed by atoms with van der Waals surface area (Å²) in [4.78, 5) is 22.3. The van der Waals surface area contributed by atoms with Crippen LogP contribution >= 0.6 is 35.7 Å². The molecular formula is C19H29IN4O2S. The fourth-order valence-corrected chi connectivity index (χ4v) is 3.86. The van der Waals surface area contributed by atoms with Crippen LogP contribution in [-0.4, -0.2) is 72.0 Å². The highest BCUT2D eigenvalue weighted by molar-refractivity contribution is 14.0. The number of carbonyl (C=O) groups is 1. The maximum absolute atomic E-state index is 12.3. The monoisotopic (exact) mass is 504 g/mol. The van der Waals surface area contributed by atoms with Crippen LogP contribution in [0.4, 0.5) is 4.79 Å². The highest BCUT2D eigenvalue weighted by atomic mass is 127. The van der Waals surface area contributed by atoms with Gasteiger partial charge in [-0.1, -0.05) is 18.2 Å². The van der Waals surface area contributed by atoms with Crippen LogP contribution in [0.1, 0.15) is 20.8 Å². The van der Waals surface area contributed by atoms with E-state index in [4.69, 9.17) is 4.74 Å². The van der Waals surface area contributed by atoms with Crippen LogP contribution in [0.25, 0.3) is 0 Å². The van der Waals surface area contributed by atoms with Gasteiger partial charge in [0.1, 0.15) is 5.60 Å². The molecule has 1 unspecified atom stereocenters. The Bertz CT molecular complexity index is 651. The van der Waals surface area contributed by atoms with E-state index in [0.29, 0.717) is 13.1 Å².